The van der Waals surface area contributed by atoms with Gasteiger partial charge in [-0.15, -0.1) is 0 Å². The number of ether oxygens (including phenoxy) is 1. The highest BCUT2D eigenvalue weighted by atomic mass is 16.5. The number of methoxy groups -OCH3 is 1. The second-order valence-corrected chi connectivity index (χ2v) is 3.98. The van der Waals surface area contributed by atoms with Crippen LogP contribution in [0.2, 0.25) is 0 Å². The molecule has 0 aliphatic carbocycles. The zero-order valence-electron chi connectivity index (χ0n) is 9.97. The number of nitrogens with zero attached hydrogens (tertiary/aromatic N) is 1. The molecule has 0 radical (unpaired) electrons. The Balaban J connectivity index is 2.39. The summed E-state index contributed by atoms with van der Waals surface area (Å²) in [6.07, 6.45) is 1.34. The summed E-state index contributed by atoms with van der Waals surface area (Å²) in [7, 11) is 1.64. The van der Waals surface area contributed by atoms with Crippen LogP contribution in [0.1, 0.15) is 6.92 Å². The molecule has 17 heavy (non-hydrogen) atoms. The van der Waals surface area contributed by atoms with Gasteiger partial charge in [-0.3, -0.25) is 0 Å². The first kappa shape index (κ1) is 11.7. The van der Waals surface area contributed by atoms with Gasteiger partial charge in [0.05, 0.1) is 13.2 Å². The second kappa shape index (κ2) is 5.01. The lowest BCUT2D eigenvalue weighted by atomic mass is 10.1. The molecule has 0 saturated heterocycles. The number of anilines is 1. The molecule has 0 bridgehead atoms. The van der Waals surface area contributed by atoms with E-state index in [-0.39, 0.29) is 0 Å². The number of pyridine rings is 1. The van der Waals surface area contributed by atoms with Gasteiger partial charge in [0.1, 0.15) is 11.6 Å². The maximum atomic E-state index is 9.27. The summed E-state index contributed by atoms with van der Waals surface area (Å²) >= 11 is 0. The van der Waals surface area contributed by atoms with E-state index in [1.165, 1.54) is 0 Å². The summed E-state index contributed by atoms with van der Waals surface area (Å²) in [4.78, 5) is 4.28. The van der Waals surface area contributed by atoms with E-state index in [1.54, 1.807) is 20.2 Å². The van der Waals surface area contributed by atoms with Crippen LogP contribution in [0.3, 0.4) is 0 Å². The zero-order chi connectivity index (χ0) is 12.3. The quantitative estimate of drug-likeness (QED) is 0.847. The third kappa shape index (κ3) is 2.65. The molecule has 1 aromatic carbocycles. The molecular weight excluding hydrogens is 216 g/mol. The molecule has 1 unspecified atom stereocenters. The maximum Gasteiger partial charge on any atom is 0.134 e. The van der Waals surface area contributed by atoms with Crippen molar-refractivity contribution in [2.24, 2.45) is 0 Å². The molecule has 0 aliphatic heterocycles. The van der Waals surface area contributed by atoms with Crippen LogP contribution in [0.4, 0.5) is 5.82 Å². The van der Waals surface area contributed by atoms with E-state index in [0.29, 0.717) is 6.54 Å². The molecule has 2 aromatic rings. The standard InChI is InChI=1S/C13H16N2O2/c1-9(16)8-15-13-12-7-11(17-2)4-3-10(12)5-6-14-13/h3-7,9,16H,8H2,1-2H3,(H,14,15). The highest BCUT2D eigenvalue weighted by Crippen LogP contribution is 2.25. The first-order valence-electron chi connectivity index (χ1n) is 5.55. The zero-order valence-corrected chi connectivity index (χ0v) is 9.97. The molecule has 0 amide bonds. The molecule has 2 rings (SSSR count). The van der Waals surface area contributed by atoms with Gasteiger partial charge in [-0.2, -0.15) is 0 Å². The van der Waals surface area contributed by atoms with Crippen LogP contribution in [-0.2, 0) is 0 Å². The molecule has 0 aliphatic rings. The minimum Gasteiger partial charge on any atom is -0.497 e. The van der Waals surface area contributed by atoms with Crippen molar-refractivity contribution >= 4 is 16.6 Å². The first-order valence-corrected chi connectivity index (χ1v) is 5.55. The molecule has 0 saturated carbocycles. The van der Waals surface area contributed by atoms with Gasteiger partial charge < -0.3 is 15.2 Å². The van der Waals surface area contributed by atoms with Crippen molar-refractivity contribution in [3.8, 4) is 5.75 Å². The molecule has 90 valence electrons. The number of aliphatic hydroxyl groups is 1. The Morgan fingerprint density at radius 3 is 2.94 bits per heavy atom. The SMILES string of the molecule is COc1ccc2ccnc(NCC(C)O)c2c1. The fourth-order valence-corrected chi connectivity index (χ4v) is 1.66. The summed E-state index contributed by atoms with van der Waals surface area (Å²) in [6.45, 7) is 2.21. The third-order valence-electron chi connectivity index (χ3n) is 2.54. The predicted octanol–water partition coefficient (Wildman–Crippen LogP) is 2.04. The predicted molar refractivity (Wildman–Crippen MR) is 68.5 cm³/mol. The highest BCUT2D eigenvalue weighted by molar-refractivity contribution is 5.92. The van der Waals surface area contributed by atoms with E-state index in [1.807, 2.05) is 24.3 Å². The highest BCUT2D eigenvalue weighted by Gasteiger charge is 2.04. The van der Waals surface area contributed by atoms with Crippen LogP contribution in [0.5, 0.6) is 5.75 Å². The fourth-order valence-electron chi connectivity index (χ4n) is 1.66. The number of hydrogen-bond donors (Lipinski definition) is 2. The van der Waals surface area contributed by atoms with E-state index in [4.69, 9.17) is 4.74 Å². The van der Waals surface area contributed by atoms with Gasteiger partial charge in [-0.25, -0.2) is 4.98 Å². The van der Waals surface area contributed by atoms with Crippen molar-refractivity contribution in [2.75, 3.05) is 19.0 Å². The normalized spacial score (nSPS) is 12.4. The van der Waals surface area contributed by atoms with Crippen LogP contribution >= 0.6 is 0 Å². The number of fused-ring (bicyclic) bond motifs is 1. The number of aliphatic hydroxyl groups excluding tert-OH is 1. The van der Waals surface area contributed by atoms with Crippen molar-refractivity contribution in [3.63, 3.8) is 0 Å². The maximum absolute atomic E-state index is 9.27. The fraction of sp³-hybridized carbons (Fsp3) is 0.308. The van der Waals surface area contributed by atoms with E-state index < -0.39 is 6.10 Å². The van der Waals surface area contributed by atoms with Crippen LogP contribution in [0.15, 0.2) is 30.5 Å². The van der Waals surface area contributed by atoms with Crippen LogP contribution in [0.25, 0.3) is 10.8 Å². The lowest BCUT2D eigenvalue weighted by molar-refractivity contribution is 0.208. The molecule has 0 spiro atoms. The van der Waals surface area contributed by atoms with E-state index >= 15 is 0 Å². The van der Waals surface area contributed by atoms with Crippen molar-refractivity contribution < 1.29 is 9.84 Å². The average Bonchev–Trinajstić information content (AvgIpc) is 2.35. The smallest absolute Gasteiger partial charge is 0.134 e. The largest absolute Gasteiger partial charge is 0.497 e. The summed E-state index contributed by atoms with van der Waals surface area (Å²) < 4.78 is 5.20. The minimum atomic E-state index is -0.405. The minimum absolute atomic E-state index is 0.405. The summed E-state index contributed by atoms with van der Waals surface area (Å²) in [5, 5.41) is 14.5. The van der Waals surface area contributed by atoms with Crippen LogP contribution in [0, 0.1) is 0 Å². The Kier molecular flexibility index (Phi) is 3.44. The Morgan fingerprint density at radius 1 is 1.41 bits per heavy atom. The van der Waals surface area contributed by atoms with Crippen LogP contribution in [-0.4, -0.2) is 29.8 Å². The molecule has 2 N–H and O–H groups in total. The molecule has 0 fully saturated rings. The van der Waals surface area contributed by atoms with Gasteiger partial charge >= 0.3 is 0 Å². The number of nitrogens with one attached hydrogen (secondary N) is 1. The third-order valence-corrected chi connectivity index (χ3v) is 2.54. The molecule has 4 nitrogen and oxygen atoms in total. The Bertz CT molecular complexity index is 512. The van der Waals surface area contributed by atoms with Crippen molar-refractivity contribution in [2.45, 2.75) is 13.0 Å². The second-order valence-electron chi connectivity index (χ2n) is 3.98. The average molecular weight is 232 g/mol. The molecule has 1 atom stereocenters. The van der Waals surface area contributed by atoms with Crippen molar-refractivity contribution in [1.82, 2.24) is 4.98 Å². The lowest BCUT2D eigenvalue weighted by Gasteiger charge is -2.11. The van der Waals surface area contributed by atoms with Gasteiger partial charge in [0.15, 0.2) is 0 Å². The van der Waals surface area contributed by atoms with Crippen molar-refractivity contribution in [1.29, 1.82) is 0 Å². The summed E-state index contributed by atoms with van der Waals surface area (Å²) in [5.74, 6) is 1.56. The molecule has 4 heteroatoms. The molecule has 1 heterocycles. The van der Waals surface area contributed by atoms with Gasteiger partial charge in [-0.05, 0) is 30.5 Å². The van der Waals surface area contributed by atoms with E-state index in [0.717, 1.165) is 22.3 Å². The topological polar surface area (TPSA) is 54.4 Å². The van der Waals surface area contributed by atoms with Gasteiger partial charge in [-0.1, -0.05) is 6.07 Å². The van der Waals surface area contributed by atoms with Gasteiger partial charge in [0.25, 0.3) is 0 Å². The summed E-state index contributed by atoms with van der Waals surface area (Å²) in [5.41, 5.74) is 0. The number of rotatable bonds is 4. The molecule has 1 aromatic heterocycles. The van der Waals surface area contributed by atoms with Crippen LogP contribution < -0.4 is 10.1 Å². The van der Waals surface area contributed by atoms with E-state index in [2.05, 4.69) is 10.3 Å². The van der Waals surface area contributed by atoms with Crippen molar-refractivity contribution in [3.05, 3.63) is 30.5 Å². The lowest BCUT2D eigenvalue weighted by Crippen LogP contribution is -2.16. The van der Waals surface area contributed by atoms with E-state index in [9.17, 15) is 5.11 Å². The first-order chi connectivity index (χ1) is 8.20. The van der Waals surface area contributed by atoms with Gasteiger partial charge in [0, 0.05) is 18.1 Å². The summed E-state index contributed by atoms with van der Waals surface area (Å²) in [6, 6.07) is 7.79. The molecular formula is C13H16N2O2. The Morgan fingerprint density at radius 2 is 2.24 bits per heavy atom. The number of hydrogen-bond acceptors (Lipinski definition) is 4. The Hall–Kier alpha value is -1.81. The number of benzene rings is 1. The monoisotopic (exact) mass is 232 g/mol. The van der Waals surface area contributed by atoms with Gasteiger partial charge in [0.2, 0.25) is 0 Å². The number of aromatic nitrogens is 1. The Labute approximate surface area is 100 Å².